The van der Waals surface area contributed by atoms with Gasteiger partial charge in [-0.15, -0.1) is 0 Å². The maximum Gasteiger partial charge on any atom is 0.293 e. The van der Waals surface area contributed by atoms with Crippen molar-refractivity contribution in [1.82, 2.24) is 24.7 Å². The number of hydrogen-bond donors (Lipinski definition) is 2. The molecule has 0 unspecified atom stereocenters. The van der Waals surface area contributed by atoms with Crippen LogP contribution in [0.15, 0.2) is 55.2 Å². The van der Waals surface area contributed by atoms with Crippen molar-refractivity contribution in [2.75, 3.05) is 10.0 Å². The fourth-order valence-electron chi connectivity index (χ4n) is 3.29. The van der Waals surface area contributed by atoms with E-state index >= 15 is 0 Å². The number of amides is 1. The summed E-state index contributed by atoms with van der Waals surface area (Å²) in [4.78, 5) is 25.5. The molecule has 0 atom stereocenters. The van der Waals surface area contributed by atoms with Crippen LogP contribution in [0.1, 0.15) is 23.5 Å². The normalized spacial score (nSPS) is 13.8. The van der Waals surface area contributed by atoms with Crippen molar-refractivity contribution in [3.8, 4) is 11.1 Å². The summed E-state index contributed by atoms with van der Waals surface area (Å²) in [6, 6.07) is 6.65. The minimum atomic E-state index is -3.39. The first-order valence-corrected chi connectivity index (χ1v) is 11.5. The van der Waals surface area contributed by atoms with Crippen LogP contribution in [0.4, 0.5) is 11.4 Å². The number of pyridine rings is 1. The highest BCUT2D eigenvalue weighted by Crippen LogP contribution is 2.30. The number of fused-ring (bicyclic) bond motifs is 1. The van der Waals surface area contributed by atoms with Crippen LogP contribution in [-0.4, -0.2) is 44.3 Å². The van der Waals surface area contributed by atoms with Gasteiger partial charge in [0.05, 0.1) is 28.3 Å². The first-order chi connectivity index (χ1) is 15.4. The highest BCUT2D eigenvalue weighted by molar-refractivity contribution is 7.93. The summed E-state index contributed by atoms with van der Waals surface area (Å²) >= 11 is 0. The molecule has 1 aliphatic rings. The Morgan fingerprint density at radius 1 is 1.16 bits per heavy atom. The number of aryl methyl sites for hydroxylation is 1. The SMILES string of the molecule is Cn1cc(-c2cnccc2NC(=O)c2ncc3ccc(NS(=O)(=O)C4CC4)cc3n2)cn1. The van der Waals surface area contributed by atoms with Crippen LogP contribution in [0, 0.1) is 0 Å². The summed E-state index contributed by atoms with van der Waals surface area (Å²) in [5.41, 5.74) is 2.94. The van der Waals surface area contributed by atoms with Gasteiger partial charge in [-0.25, -0.2) is 18.4 Å². The molecule has 1 fully saturated rings. The number of nitrogens with one attached hydrogen (secondary N) is 2. The molecule has 0 saturated heterocycles. The molecule has 1 saturated carbocycles. The summed E-state index contributed by atoms with van der Waals surface area (Å²) in [7, 11) is -1.59. The molecule has 0 radical (unpaired) electrons. The number of carbonyl (C=O) groups is 1. The monoisotopic (exact) mass is 449 g/mol. The van der Waals surface area contributed by atoms with Gasteiger partial charge in [0.2, 0.25) is 15.8 Å². The van der Waals surface area contributed by atoms with Gasteiger partial charge in [-0.2, -0.15) is 5.10 Å². The number of hydrogen-bond acceptors (Lipinski definition) is 7. The Morgan fingerprint density at radius 3 is 2.75 bits per heavy atom. The van der Waals surface area contributed by atoms with Crippen molar-refractivity contribution in [3.05, 3.63) is 61.1 Å². The fraction of sp³-hybridized carbons (Fsp3) is 0.190. The summed E-state index contributed by atoms with van der Waals surface area (Å²) < 4.78 is 28.7. The van der Waals surface area contributed by atoms with Gasteiger partial charge in [-0.05, 0) is 37.1 Å². The average Bonchev–Trinajstić information content (AvgIpc) is 3.56. The first kappa shape index (κ1) is 20.1. The van der Waals surface area contributed by atoms with Crippen molar-refractivity contribution in [1.29, 1.82) is 0 Å². The zero-order valence-corrected chi connectivity index (χ0v) is 17.9. The summed E-state index contributed by atoms with van der Waals surface area (Å²) in [5, 5.41) is 7.34. The van der Waals surface area contributed by atoms with Crippen molar-refractivity contribution >= 4 is 38.2 Å². The molecular weight excluding hydrogens is 430 g/mol. The second-order valence-electron chi connectivity index (χ2n) is 7.59. The summed E-state index contributed by atoms with van der Waals surface area (Å²) in [5.74, 6) is -0.527. The van der Waals surface area contributed by atoms with Crippen LogP contribution in [0.2, 0.25) is 0 Å². The van der Waals surface area contributed by atoms with Crippen molar-refractivity contribution in [2.45, 2.75) is 18.1 Å². The van der Waals surface area contributed by atoms with Crippen molar-refractivity contribution < 1.29 is 13.2 Å². The zero-order valence-electron chi connectivity index (χ0n) is 17.1. The van der Waals surface area contributed by atoms with Crippen LogP contribution in [0.5, 0.6) is 0 Å². The average molecular weight is 449 g/mol. The quantitative estimate of drug-likeness (QED) is 0.462. The maximum atomic E-state index is 12.9. The third kappa shape index (κ3) is 4.02. The predicted molar refractivity (Wildman–Crippen MR) is 119 cm³/mol. The molecule has 1 amide bonds. The van der Waals surface area contributed by atoms with Gasteiger partial charge in [0.15, 0.2) is 0 Å². The molecule has 0 spiro atoms. The Bertz CT molecular complexity index is 1440. The number of rotatable bonds is 6. The van der Waals surface area contributed by atoms with E-state index in [9.17, 15) is 13.2 Å². The van der Waals surface area contributed by atoms with Gasteiger partial charge in [0.1, 0.15) is 0 Å². The van der Waals surface area contributed by atoms with E-state index < -0.39 is 15.9 Å². The molecule has 10 nitrogen and oxygen atoms in total. The molecule has 162 valence electrons. The first-order valence-electron chi connectivity index (χ1n) is 9.92. The lowest BCUT2D eigenvalue weighted by Gasteiger charge is -2.10. The lowest BCUT2D eigenvalue weighted by Crippen LogP contribution is -2.17. The van der Waals surface area contributed by atoms with E-state index in [2.05, 4.69) is 30.1 Å². The molecule has 0 aliphatic heterocycles. The van der Waals surface area contributed by atoms with E-state index in [1.165, 1.54) is 6.20 Å². The van der Waals surface area contributed by atoms with Crippen molar-refractivity contribution in [3.63, 3.8) is 0 Å². The van der Waals surface area contributed by atoms with E-state index in [1.807, 2.05) is 6.20 Å². The highest BCUT2D eigenvalue weighted by atomic mass is 32.2. The zero-order chi connectivity index (χ0) is 22.3. The Morgan fingerprint density at radius 2 is 2.00 bits per heavy atom. The molecule has 32 heavy (non-hydrogen) atoms. The third-order valence-electron chi connectivity index (χ3n) is 5.09. The lowest BCUT2D eigenvalue weighted by atomic mass is 10.1. The highest BCUT2D eigenvalue weighted by Gasteiger charge is 2.35. The predicted octanol–water partition coefficient (Wildman–Crippen LogP) is 2.58. The molecule has 2 N–H and O–H groups in total. The Balaban J connectivity index is 1.42. The van der Waals surface area contributed by atoms with E-state index in [0.29, 0.717) is 40.7 Å². The largest absolute Gasteiger partial charge is 0.319 e. The van der Waals surface area contributed by atoms with Crippen LogP contribution in [0.25, 0.3) is 22.0 Å². The molecule has 11 heteroatoms. The van der Waals surface area contributed by atoms with E-state index in [-0.39, 0.29) is 11.1 Å². The van der Waals surface area contributed by atoms with E-state index in [1.54, 1.807) is 54.6 Å². The molecule has 5 rings (SSSR count). The van der Waals surface area contributed by atoms with E-state index in [0.717, 1.165) is 5.56 Å². The van der Waals surface area contributed by atoms with Gasteiger partial charge in [0, 0.05) is 48.3 Å². The molecule has 0 bridgehead atoms. The summed E-state index contributed by atoms with van der Waals surface area (Å²) in [6.45, 7) is 0. The molecule has 1 aliphatic carbocycles. The number of carbonyl (C=O) groups excluding carboxylic acids is 1. The second kappa shape index (κ2) is 7.68. The second-order valence-corrected chi connectivity index (χ2v) is 9.55. The fourth-order valence-corrected chi connectivity index (χ4v) is 4.67. The lowest BCUT2D eigenvalue weighted by molar-refractivity contribution is 0.101. The number of nitrogens with zero attached hydrogens (tertiary/aromatic N) is 5. The molecule has 1 aromatic carbocycles. The minimum absolute atomic E-state index is 0.0337. The standard InChI is InChI=1S/C21H19N7O3S/c1-28-12-14(10-24-28)17-11-22-7-6-18(17)26-21(29)20-23-9-13-2-3-15(8-19(13)25-20)27-32(30,31)16-4-5-16/h2-3,6-12,16,27H,4-5H2,1H3,(H,22,26,29). The van der Waals surface area contributed by atoms with E-state index in [4.69, 9.17) is 0 Å². The molecule has 3 aromatic heterocycles. The Kier molecular flexibility index (Phi) is 4.82. The van der Waals surface area contributed by atoms with Gasteiger partial charge in [-0.1, -0.05) is 0 Å². The third-order valence-corrected chi connectivity index (χ3v) is 6.96. The van der Waals surface area contributed by atoms with Crippen LogP contribution >= 0.6 is 0 Å². The molecular formula is C21H19N7O3S. The van der Waals surface area contributed by atoms with Gasteiger partial charge < -0.3 is 5.32 Å². The minimum Gasteiger partial charge on any atom is -0.319 e. The number of anilines is 2. The Labute approximate surface area is 183 Å². The number of aromatic nitrogens is 5. The van der Waals surface area contributed by atoms with Crippen LogP contribution in [0.3, 0.4) is 0 Å². The van der Waals surface area contributed by atoms with Gasteiger partial charge in [0.25, 0.3) is 5.91 Å². The molecule has 3 heterocycles. The maximum absolute atomic E-state index is 12.9. The number of sulfonamides is 1. The smallest absolute Gasteiger partial charge is 0.293 e. The topological polar surface area (TPSA) is 132 Å². The van der Waals surface area contributed by atoms with Gasteiger partial charge >= 0.3 is 0 Å². The van der Waals surface area contributed by atoms with Crippen molar-refractivity contribution in [2.24, 2.45) is 7.05 Å². The van der Waals surface area contributed by atoms with Crippen LogP contribution in [-0.2, 0) is 17.1 Å². The van der Waals surface area contributed by atoms with Gasteiger partial charge in [-0.3, -0.25) is 19.2 Å². The molecule has 4 aromatic rings. The summed E-state index contributed by atoms with van der Waals surface area (Å²) in [6.07, 6.45) is 9.61. The van der Waals surface area contributed by atoms with Crippen LogP contribution < -0.4 is 10.0 Å². The number of benzene rings is 1. The Hall–Kier alpha value is -3.86.